The van der Waals surface area contributed by atoms with Gasteiger partial charge in [0.2, 0.25) is 0 Å². The van der Waals surface area contributed by atoms with Crippen molar-refractivity contribution in [2.75, 3.05) is 5.32 Å². The number of anilines is 1. The summed E-state index contributed by atoms with van der Waals surface area (Å²) in [4.78, 5) is 21.1. The van der Waals surface area contributed by atoms with Gasteiger partial charge in [0.05, 0.1) is 34.6 Å². The number of rotatable bonds is 3. The van der Waals surface area contributed by atoms with Gasteiger partial charge in [0.1, 0.15) is 12.1 Å². The lowest BCUT2D eigenvalue weighted by Gasteiger charge is -2.07. The highest BCUT2D eigenvalue weighted by molar-refractivity contribution is 6.04. The van der Waals surface area contributed by atoms with Gasteiger partial charge in [-0.2, -0.15) is 5.26 Å². The topological polar surface area (TPSA) is 83.6 Å². The van der Waals surface area contributed by atoms with Crippen LogP contribution in [-0.2, 0) is 0 Å². The second kappa shape index (κ2) is 6.49. The number of hydrogen-bond donors (Lipinski definition) is 1. The van der Waals surface area contributed by atoms with E-state index in [0.29, 0.717) is 22.6 Å². The molecule has 0 fully saturated rings. The monoisotopic (exact) mass is 339 g/mol. The molecule has 124 valence electrons. The van der Waals surface area contributed by atoms with Crippen LogP contribution < -0.4 is 5.32 Å². The predicted molar refractivity (Wildman–Crippen MR) is 98.0 cm³/mol. The van der Waals surface area contributed by atoms with Crippen molar-refractivity contribution < 1.29 is 4.79 Å². The lowest BCUT2D eigenvalue weighted by atomic mass is 10.1. The van der Waals surface area contributed by atoms with Crippen LogP contribution >= 0.6 is 0 Å². The minimum atomic E-state index is -0.287. The number of carbonyl (C=O) groups excluding carboxylic acids is 1. The number of carbonyl (C=O) groups is 1. The van der Waals surface area contributed by atoms with Crippen molar-refractivity contribution in [2.45, 2.75) is 0 Å². The average Bonchev–Trinajstić information content (AvgIpc) is 3.13. The lowest BCUT2D eigenvalue weighted by molar-refractivity contribution is 0.102. The molecule has 4 rings (SSSR count). The predicted octanol–water partition coefficient (Wildman–Crippen LogP) is 3.54. The zero-order valence-corrected chi connectivity index (χ0v) is 13.6. The van der Waals surface area contributed by atoms with Crippen LogP contribution in [0.15, 0.2) is 73.2 Å². The van der Waals surface area contributed by atoms with Gasteiger partial charge in [0, 0.05) is 5.56 Å². The first kappa shape index (κ1) is 15.5. The molecule has 0 bridgehead atoms. The molecule has 0 unspecified atom stereocenters. The molecule has 26 heavy (non-hydrogen) atoms. The Balaban J connectivity index is 1.56. The van der Waals surface area contributed by atoms with E-state index in [-0.39, 0.29) is 5.91 Å². The van der Waals surface area contributed by atoms with E-state index >= 15 is 0 Å². The van der Waals surface area contributed by atoms with Crippen LogP contribution in [0.4, 0.5) is 5.69 Å². The maximum absolute atomic E-state index is 12.3. The van der Waals surface area contributed by atoms with Crippen molar-refractivity contribution in [3.8, 4) is 11.9 Å². The maximum atomic E-state index is 12.3. The molecule has 0 radical (unpaired) electrons. The molecule has 1 N–H and O–H groups in total. The molecule has 0 spiro atoms. The first-order valence-corrected chi connectivity index (χ1v) is 7.94. The zero-order chi connectivity index (χ0) is 17.9. The van der Waals surface area contributed by atoms with Crippen LogP contribution in [0.1, 0.15) is 15.9 Å². The van der Waals surface area contributed by atoms with Crippen molar-refractivity contribution in [1.82, 2.24) is 14.5 Å². The number of fused-ring (bicyclic) bond motifs is 1. The fraction of sp³-hybridized carbons (Fsp3) is 0. The third-order valence-electron chi connectivity index (χ3n) is 3.96. The fourth-order valence-electron chi connectivity index (χ4n) is 2.68. The van der Waals surface area contributed by atoms with E-state index in [2.05, 4.69) is 15.3 Å². The van der Waals surface area contributed by atoms with Gasteiger partial charge in [-0.15, -0.1) is 0 Å². The number of nitrogens with one attached hydrogen (secondary N) is 1. The summed E-state index contributed by atoms with van der Waals surface area (Å²) >= 11 is 0. The normalized spacial score (nSPS) is 10.4. The number of amides is 1. The maximum Gasteiger partial charge on any atom is 0.255 e. The molecular weight excluding hydrogens is 326 g/mol. The number of benzene rings is 2. The minimum Gasteiger partial charge on any atom is -0.321 e. The van der Waals surface area contributed by atoms with Gasteiger partial charge in [-0.05, 0) is 42.5 Å². The van der Waals surface area contributed by atoms with E-state index in [9.17, 15) is 4.79 Å². The standard InChI is InChI=1S/C20H13N5O/c21-11-14-4-3-5-15(10-14)20(26)24-16-8-9-19(22-12-16)25-13-23-17-6-1-2-7-18(17)25/h1-10,12-13H,(H,24,26). The summed E-state index contributed by atoms with van der Waals surface area (Å²) < 4.78 is 1.89. The summed E-state index contributed by atoms with van der Waals surface area (Å²) in [5, 5.41) is 11.7. The summed E-state index contributed by atoms with van der Waals surface area (Å²) in [7, 11) is 0. The molecule has 0 aliphatic heterocycles. The van der Waals surface area contributed by atoms with E-state index in [4.69, 9.17) is 5.26 Å². The van der Waals surface area contributed by atoms with Crippen molar-refractivity contribution in [3.63, 3.8) is 0 Å². The van der Waals surface area contributed by atoms with Gasteiger partial charge < -0.3 is 5.32 Å². The Bertz CT molecular complexity index is 1140. The number of hydrogen-bond acceptors (Lipinski definition) is 4. The molecule has 2 aromatic carbocycles. The summed E-state index contributed by atoms with van der Waals surface area (Å²) in [6.45, 7) is 0. The van der Waals surface area contributed by atoms with E-state index in [1.807, 2.05) is 41.0 Å². The van der Waals surface area contributed by atoms with Gasteiger partial charge in [0.15, 0.2) is 0 Å². The van der Waals surface area contributed by atoms with Crippen LogP contribution in [0.25, 0.3) is 16.9 Å². The number of para-hydroxylation sites is 2. The molecule has 0 saturated heterocycles. The molecule has 6 heteroatoms. The summed E-state index contributed by atoms with van der Waals surface area (Å²) in [5.74, 6) is 0.424. The number of nitrogens with zero attached hydrogens (tertiary/aromatic N) is 4. The minimum absolute atomic E-state index is 0.287. The Kier molecular flexibility index (Phi) is 3.88. The number of pyridine rings is 1. The third-order valence-corrected chi connectivity index (χ3v) is 3.96. The van der Waals surface area contributed by atoms with Crippen molar-refractivity contribution in [1.29, 1.82) is 5.26 Å². The molecule has 1 amide bonds. The summed E-state index contributed by atoms with van der Waals surface area (Å²) in [5.41, 5.74) is 3.30. The molecule has 0 saturated carbocycles. The third kappa shape index (κ3) is 2.89. The van der Waals surface area contributed by atoms with Crippen LogP contribution in [0.5, 0.6) is 0 Å². The molecule has 4 aromatic rings. The largest absolute Gasteiger partial charge is 0.321 e. The van der Waals surface area contributed by atoms with Gasteiger partial charge in [0.25, 0.3) is 5.91 Å². The Morgan fingerprint density at radius 1 is 1.04 bits per heavy atom. The van der Waals surface area contributed by atoms with E-state index in [1.165, 1.54) is 0 Å². The Morgan fingerprint density at radius 2 is 1.92 bits per heavy atom. The highest BCUT2D eigenvalue weighted by atomic mass is 16.1. The first-order valence-electron chi connectivity index (χ1n) is 7.94. The summed E-state index contributed by atoms with van der Waals surface area (Å²) in [6.07, 6.45) is 3.31. The molecule has 2 heterocycles. The second-order valence-corrected chi connectivity index (χ2v) is 5.66. The van der Waals surface area contributed by atoms with Crippen LogP contribution in [0, 0.1) is 11.3 Å². The van der Waals surface area contributed by atoms with Gasteiger partial charge in [-0.3, -0.25) is 9.36 Å². The van der Waals surface area contributed by atoms with Crippen molar-refractivity contribution >= 4 is 22.6 Å². The highest BCUT2D eigenvalue weighted by Gasteiger charge is 2.08. The number of aromatic nitrogens is 3. The Hall–Kier alpha value is -3.98. The van der Waals surface area contributed by atoms with Gasteiger partial charge >= 0.3 is 0 Å². The fourth-order valence-corrected chi connectivity index (χ4v) is 2.68. The van der Waals surface area contributed by atoms with E-state index in [1.54, 1.807) is 42.9 Å². The number of nitriles is 1. The van der Waals surface area contributed by atoms with E-state index < -0.39 is 0 Å². The molecule has 6 nitrogen and oxygen atoms in total. The lowest BCUT2D eigenvalue weighted by Crippen LogP contribution is -2.12. The molecule has 0 aliphatic rings. The quantitative estimate of drug-likeness (QED) is 0.619. The van der Waals surface area contributed by atoms with Crippen LogP contribution in [-0.4, -0.2) is 20.4 Å². The molecule has 0 atom stereocenters. The van der Waals surface area contributed by atoms with Crippen LogP contribution in [0.2, 0.25) is 0 Å². The Labute approximate surface area is 149 Å². The van der Waals surface area contributed by atoms with Crippen LogP contribution in [0.3, 0.4) is 0 Å². The molecular formula is C20H13N5O. The Morgan fingerprint density at radius 3 is 2.73 bits per heavy atom. The first-order chi connectivity index (χ1) is 12.7. The average molecular weight is 339 g/mol. The van der Waals surface area contributed by atoms with Crippen molar-refractivity contribution in [3.05, 3.63) is 84.3 Å². The molecule has 2 aromatic heterocycles. The van der Waals surface area contributed by atoms with E-state index in [0.717, 1.165) is 11.0 Å². The summed E-state index contributed by atoms with van der Waals surface area (Å²) in [6, 6.07) is 20.0. The smallest absolute Gasteiger partial charge is 0.255 e. The van der Waals surface area contributed by atoms with Gasteiger partial charge in [-0.25, -0.2) is 9.97 Å². The van der Waals surface area contributed by atoms with Crippen molar-refractivity contribution in [2.24, 2.45) is 0 Å². The SMILES string of the molecule is N#Cc1cccc(C(=O)Nc2ccc(-n3cnc4ccccc43)nc2)c1. The number of imidazole rings is 1. The van der Waals surface area contributed by atoms with Gasteiger partial charge in [-0.1, -0.05) is 18.2 Å². The zero-order valence-electron chi connectivity index (χ0n) is 13.6. The molecule has 0 aliphatic carbocycles. The highest BCUT2D eigenvalue weighted by Crippen LogP contribution is 2.18. The second-order valence-electron chi connectivity index (χ2n) is 5.66.